The summed E-state index contributed by atoms with van der Waals surface area (Å²) >= 11 is 0. The van der Waals surface area contributed by atoms with Gasteiger partial charge >= 0.3 is 0 Å². The molecule has 0 saturated heterocycles. The van der Waals surface area contributed by atoms with Crippen LogP contribution in [0.4, 0.5) is 5.69 Å². The molecule has 1 nitrogen and oxygen atoms in total. The van der Waals surface area contributed by atoms with E-state index >= 15 is 0 Å². The lowest BCUT2D eigenvalue weighted by Crippen LogP contribution is -2.36. The first kappa shape index (κ1) is 11.1. The average Bonchev–Trinajstić information content (AvgIpc) is 2.07. The number of hydrogen-bond acceptors (Lipinski definition) is 1. The maximum absolute atomic E-state index is 2.43. The summed E-state index contributed by atoms with van der Waals surface area (Å²) in [5, 5.41) is 0. The van der Waals surface area contributed by atoms with Crippen LogP contribution in [0.1, 0.15) is 33.3 Å². The molecule has 0 saturated carbocycles. The molecule has 0 aliphatic rings. The Hall–Kier alpha value is -0.980. The van der Waals surface area contributed by atoms with Gasteiger partial charge in [-0.15, -0.1) is 0 Å². The van der Waals surface area contributed by atoms with E-state index in [9.17, 15) is 0 Å². The molecule has 0 bridgehead atoms. The predicted molar refractivity (Wildman–Crippen MR) is 63.9 cm³/mol. The average molecular weight is 191 g/mol. The van der Waals surface area contributed by atoms with E-state index < -0.39 is 0 Å². The topological polar surface area (TPSA) is 3.24 Å². The molecule has 1 heteroatoms. The summed E-state index contributed by atoms with van der Waals surface area (Å²) in [5.74, 6) is 0. The summed E-state index contributed by atoms with van der Waals surface area (Å²) in [4.78, 5) is 2.43. The van der Waals surface area contributed by atoms with Crippen molar-refractivity contribution in [1.82, 2.24) is 0 Å². The molecule has 0 aromatic heterocycles. The molecule has 1 rings (SSSR count). The van der Waals surface area contributed by atoms with Crippen molar-refractivity contribution in [1.29, 1.82) is 0 Å². The molecule has 0 fully saturated rings. The number of nitrogens with zero attached hydrogens (tertiary/aromatic N) is 1. The number of hydrogen-bond donors (Lipinski definition) is 0. The Bertz CT molecular complexity index is 264. The molecule has 1 aromatic carbocycles. The van der Waals surface area contributed by atoms with E-state index in [0.717, 1.165) is 0 Å². The zero-order valence-corrected chi connectivity index (χ0v) is 9.91. The van der Waals surface area contributed by atoms with E-state index in [1.807, 2.05) is 0 Å². The minimum atomic E-state index is 0.553. The summed E-state index contributed by atoms with van der Waals surface area (Å²) in [6, 6.07) is 9.86. The fraction of sp³-hybridized carbons (Fsp3) is 0.538. The highest BCUT2D eigenvalue weighted by atomic mass is 15.2. The van der Waals surface area contributed by atoms with Gasteiger partial charge < -0.3 is 4.90 Å². The second-order valence-electron chi connectivity index (χ2n) is 4.43. The van der Waals surface area contributed by atoms with Gasteiger partial charge in [0, 0.05) is 17.8 Å². The van der Waals surface area contributed by atoms with Crippen molar-refractivity contribution >= 4 is 5.69 Å². The monoisotopic (exact) mass is 191 g/mol. The van der Waals surface area contributed by atoms with E-state index in [2.05, 4.69) is 63.8 Å². The van der Waals surface area contributed by atoms with E-state index in [1.54, 1.807) is 0 Å². The van der Waals surface area contributed by atoms with Crippen LogP contribution in [0.5, 0.6) is 0 Å². The molecule has 78 valence electrons. The third kappa shape index (κ3) is 2.50. The molecule has 1 aromatic rings. The van der Waals surface area contributed by atoms with Gasteiger partial charge in [-0.25, -0.2) is 0 Å². The first-order valence-corrected chi connectivity index (χ1v) is 5.37. The molecule has 14 heavy (non-hydrogen) atoms. The Balaban J connectivity index is 2.94. The zero-order chi connectivity index (χ0) is 10.7. The third-order valence-corrected chi connectivity index (χ3v) is 2.44. The molecule has 0 aliphatic heterocycles. The van der Waals surface area contributed by atoms with Gasteiger partial charge in [-0.3, -0.25) is 0 Å². The largest absolute Gasteiger partial charge is 0.367 e. The first-order valence-electron chi connectivity index (χ1n) is 5.37. The SMILES string of the molecule is Cc1ccc(N(C(C)C)C(C)C)cc1. The molecule has 0 aliphatic carbocycles. The number of aryl methyl sites for hydroxylation is 1. The van der Waals surface area contributed by atoms with Crippen LogP contribution in [0.15, 0.2) is 24.3 Å². The van der Waals surface area contributed by atoms with Crippen LogP contribution in [-0.2, 0) is 0 Å². The van der Waals surface area contributed by atoms with Crippen LogP contribution >= 0.6 is 0 Å². The Kier molecular flexibility index (Phi) is 3.56. The summed E-state index contributed by atoms with van der Waals surface area (Å²) in [6.45, 7) is 11.1. The molecular formula is C13H21N. The van der Waals surface area contributed by atoms with Gasteiger partial charge in [0.05, 0.1) is 0 Å². The fourth-order valence-electron chi connectivity index (χ4n) is 1.91. The molecule has 0 heterocycles. The third-order valence-electron chi connectivity index (χ3n) is 2.44. The van der Waals surface area contributed by atoms with Crippen LogP contribution in [0.3, 0.4) is 0 Å². The van der Waals surface area contributed by atoms with E-state index in [-0.39, 0.29) is 0 Å². The van der Waals surface area contributed by atoms with Crippen molar-refractivity contribution in [2.75, 3.05) is 4.90 Å². The lowest BCUT2D eigenvalue weighted by molar-refractivity contribution is 0.608. The predicted octanol–water partition coefficient (Wildman–Crippen LogP) is 3.62. The van der Waals surface area contributed by atoms with Crippen molar-refractivity contribution < 1.29 is 0 Å². The quantitative estimate of drug-likeness (QED) is 0.705. The Morgan fingerprint density at radius 1 is 0.857 bits per heavy atom. The molecule has 0 radical (unpaired) electrons. The first-order chi connectivity index (χ1) is 6.52. The number of anilines is 1. The highest BCUT2D eigenvalue weighted by Gasteiger charge is 2.13. The van der Waals surface area contributed by atoms with Gasteiger partial charge in [0.1, 0.15) is 0 Å². The summed E-state index contributed by atoms with van der Waals surface area (Å²) in [5.41, 5.74) is 2.64. The molecule has 0 unspecified atom stereocenters. The van der Waals surface area contributed by atoms with E-state index in [4.69, 9.17) is 0 Å². The molecule has 0 atom stereocenters. The second-order valence-corrected chi connectivity index (χ2v) is 4.43. The van der Waals surface area contributed by atoms with Crippen molar-refractivity contribution in [2.24, 2.45) is 0 Å². The van der Waals surface area contributed by atoms with Gasteiger partial charge in [-0.2, -0.15) is 0 Å². The van der Waals surface area contributed by atoms with E-state index in [0.29, 0.717) is 12.1 Å². The molecular weight excluding hydrogens is 170 g/mol. The lowest BCUT2D eigenvalue weighted by atomic mass is 10.1. The zero-order valence-electron chi connectivity index (χ0n) is 9.91. The van der Waals surface area contributed by atoms with Gasteiger partial charge in [-0.05, 0) is 46.8 Å². The fourth-order valence-corrected chi connectivity index (χ4v) is 1.91. The Morgan fingerprint density at radius 2 is 1.29 bits per heavy atom. The highest BCUT2D eigenvalue weighted by Crippen LogP contribution is 2.20. The smallest absolute Gasteiger partial charge is 0.0371 e. The second kappa shape index (κ2) is 4.50. The molecule has 0 spiro atoms. The Labute approximate surface area is 87.7 Å². The van der Waals surface area contributed by atoms with E-state index in [1.165, 1.54) is 11.3 Å². The van der Waals surface area contributed by atoms with Crippen LogP contribution < -0.4 is 4.90 Å². The van der Waals surface area contributed by atoms with Crippen LogP contribution in [0.25, 0.3) is 0 Å². The standard InChI is InChI=1S/C13H21N/c1-10(2)14(11(3)4)13-8-6-12(5)7-9-13/h6-11H,1-5H3. The van der Waals surface area contributed by atoms with Crippen molar-refractivity contribution in [3.8, 4) is 0 Å². The molecule has 0 amide bonds. The minimum absolute atomic E-state index is 0.553. The Morgan fingerprint density at radius 3 is 1.64 bits per heavy atom. The van der Waals surface area contributed by atoms with Crippen LogP contribution in [0.2, 0.25) is 0 Å². The van der Waals surface area contributed by atoms with Gasteiger partial charge in [-0.1, -0.05) is 17.7 Å². The number of rotatable bonds is 3. The van der Waals surface area contributed by atoms with Crippen LogP contribution in [-0.4, -0.2) is 12.1 Å². The van der Waals surface area contributed by atoms with Crippen molar-refractivity contribution in [3.05, 3.63) is 29.8 Å². The lowest BCUT2D eigenvalue weighted by Gasteiger charge is -2.33. The maximum atomic E-state index is 2.43. The van der Waals surface area contributed by atoms with Crippen molar-refractivity contribution in [2.45, 2.75) is 46.7 Å². The highest BCUT2D eigenvalue weighted by molar-refractivity contribution is 5.48. The molecule has 0 N–H and O–H groups in total. The summed E-state index contributed by atoms with van der Waals surface area (Å²) in [7, 11) is 0. The minimum Gasteiger partial charge on any atom is -0.367 e. The number of benzene rings is 1. The van der Waals surface area contributed by atoms with Crippen molar-refractivity contribution in [3.63, 3.8) is 0 Å². The van der Waals surface area contributed by atoms with Gasteiger partial charge in [0.25, 0.3) is 0 Å². The maximum Gasteiger partial charge on any atom is 0.0371 e. The van der Waals surface area contributed by atoms with Crippen LogP contribution in [0, 0.1) is 6.92 Å². The normalized spacial score (nSPS) is 11.1. The summed E-state index contributed by atoms with van der Waals surface area (Å²) < 4.78 is 0. The van der Waals surface area contributed by atoms with Gasteiger partial charge in [0.2, 0.25) is 0 Å². The summed E-state index contributed by atoms with van der Waals surface area (Å²) in [6.07, 6.45) is 0. The van der Waals surface area contributed by atoms with Gasteiger partial charge in [0.15, 0.2) is 0 Å².